The number of allylic oxidation sites excluding steroid dienone is 2. The van der Waals surface area contributed by atoms with Gasteiger partial charge in [-0.05, 0) is 11.6 Å². The molecule has 1 heteroatoms. The molecule has 1 aliphatic rings. The van der Waals surface area contributed by atoms with Crippen LogP contribution in [0.5, 0.6) is 0 Å². The van der Waals surface area contributed by atoms with Crippen LogP contribution in [-0.2, 0) is 0 Å². The average Bonchev–Trinajstić information content (AvgIpc) is 2.21. The first-order valence-electron chi connectivity index (χ1n) is 3.90. The van der Waals surface area contributed by atoms with Crippen LogP contribution in [0, 0.1) is 0 Å². The number of hydrogen-bond acceptors (Lipinski definition) is 1. The summed E-state index contributed by atoms with van der Waals surface area (Å²) in [6.45, 7) is 0. The van der Waals surface area contributed by atoms with Gasteiger partial charge in [0.25, 0.3) is 0 Å². The van der Waals surface area contributed by atoms with Crippen LogP contribution in [0.4, 0.5) is 0 Å². The highest BCUT2D eigenvalue weighted by Gasteiger charge is 1.95. The summed E-state index contributed by atoms with van der Waals surface area (Å²) in [5.41, 5.74) is 5.45. The van der Waals surface area contributed by atoms with E-state index in [1.807, 2.05) is 36.7 Å². The number of rotatable bonds is 1. The van der Waals surface area contributed by atoms with Gasteiger partial charge in [-0.15, -0.1) is 0 Å². The Kier molecular flexibility index (Phi) is 1.81. The topological polar surface area (TPSA) is 12.0 Å². The SMILES string of the molecule is C1=CNC=CC=1c1ccccc1. The molecule has 58 valence electrons. The van der Waals surface area contributed by atoms with Crippen LogP contribution in [0.1, 0.15) is 5.56 Å². The van der Waals surface area contributed by atoms with Gasteiger partial charge in [-0.3, -0.25) is 0 Å². The molecular formula is C11H9N. The Morgan fingerprint density at radius 2 is 1.92 bits per heavy atom. The maximum Gasteiger partial charge on any atom is 0.0443 e. The standard InChI is InChI=1S/C11H9N/c1-2-4-10(5-3-1)11-6-8-12-9-7-11/h1-6,8-9,12H. The summed E-state index contributed by atoms with van der Waals surface area (Å²) in [5.74, 6) is 0. The Labute approximate surface area is 71.7 Å². The van der Waals surface area contributed by atoms with Crippen molar-refractivity contribution >= 4 is 5.57 Å². The Morgan fingerprint density at radius 3 is 2.58 bits per heavy atom. The minimum Gasteiger partial charge on any atom is -0.361 e. The molecule has 0 bridgehead atoms. The molecule has 2 rings (SSSR count). The summed E-state index contributed by atoms with van der Waals surface area (Å²) in [5, 5.41) is 2.95. The molecule has 12 heavy (non-hydrogen) atoms. The van der Waals surface area contributed by atoms with Crippen molar-refractivity contribution in [3.05, 3.63) is 60.1 Å². The molecule has 0 aliphatic carbocycles. The molecule has 0 saturated heterocycles. The summed E-state index contributed by atoms with van der Waals surface area (Å²) in [6, 6.07) is 10.2. The van der Waals surface area contributed by atoms with Gasteiger partial charge < -0.3 is 5.32 Å². The molecule has 0 saturated carbocycles. The molecule has 1 nitrogen and oxygen atoms in total. The molecule has 0 amide bonds. The zero-order valence-electron chi connectivity index (χ0n) is 6.62. The van der Waals surface area contributed by atoms with E-state index in [0.29, 0.717) is 0 Å². The maximum absolute atomic E-state index is 3.13. The lowest BCUT2D eigenvalue weighted by Gasteiger charge is -2.01. The summed E-state index contributed by atoms with van der Waals surface area (Å²) >= 11 is 0. The van der Waals surface area contributed by atoms with E-state index in [9.17, 15) is 0 Å². The van der Waals surface area contributed by atoms with Crippen LogP contribution in [-0.4, -0.2) is 0 Å². The van der Waals surface area contributed by atoms with Gasteiger partial charge in [0.05, 0.1) is 0 Å². The molecule has 1 aromatic rings. The Balaban J connectivity index is 2.44. The number of hydrogen-bond donors (Lipinski definition) is 1. The Morgan fingerprint density at radius 1 is 1.08 bits per heavy atom. The average molecular weight is 155 g/mol. The molecule has 1 aromatic carbocycles. The van der Waals surface area contributed by atoms with E-state index >= 15 is 0 Å². The molecule has 0 unspecified atom stereocenters. The molecule has 0 aromatic heterocycles. The summed E-state index contributed by atoms with van der Waals surface area (Å²) in [4.78, 5) is 0. The third-order valence-corrected chi connectivity index (χ3v) is 1.74. The second-order valence-electron chi connectivity index (χ2n) is 2.57. The summed E-state index contributed by atoms with van der Waals surface area (Å²) in [7, 11) is 0. The van der Waals surface area contributed by atoms with Crippen molar-refractivity contribution in [1.82, 2.24) is 5.32 Å². The van der Waals surface area contributed by atoms with Crippen LogP contribution in [0.15, 0.2) is 54.5 Å². The van der Waals surface area contributed by atoms with Crippen LogP contribution >= 0.6 is 0 Å². The molecular weight excluding hydrogens is 146 g/mol. The Hall–Kier alpha value is -1.72. The van der Waals surface area contributed by atoms with Crippen LogP contribution < -0.4 is 5.32 Å². The van der Waals surface area contributed by atoms with Gasteiger partial charge >= 0.3 is 0 Å². The molecule has 1 aliphatic heterocycles. The quantitative estimate of drug-likeness (QED) is 0.613. The Bertz CT molecular complexity index is 354. The van der Waals surface area contributed by atoms with Crippen molar-refractivity contribution in [1.29, 1.82) is 0 Å². The minimum atomic E-state index is 1.12. The van der Waals surface area contributed by atoms with E-state index in [2.05, 4.69) is 23.2 Å². The second-order valence-corrected chi connectivity index (χ2v) is 2.57. The lowest BCUT2D eigenvalue weighted by atomic mass is 10.1. The van der Waals surface area contributed by atoms with E-state index in [0.717, 1.165) is 5.57 Å². The highest BCUT2D eigenvalue weighted by atomic mass is 14.8. The van der Waals surface area contributed by atoms with Crippen molar-refractivity contribution in [2.45, 2.75) is 0 Å². The van der Waals surface area contributed by atoms with Crippen LogP contribution in [0.25, 0.3) is 5.57 Å². The normalized spacial score (nSPS) is 13.8. The minimum absolute atomic E-state index is 1.12. The lowest BCUT2D eigenvalue weighted by molar-refractivity contribution is 1.19. The predicted molar refractivity (Wildman–Crippen MR) is 50.2 cm³/mol. The fourth-order valence-electron chi connectivity index (χ4n) is 1.14. The van der Waals surface area contributed by atoms with Gasteiger partial charge in [-0.25, -0.2) is 0 Å². The van der Waals surface area contributed by atoms with Gasteiger partial charge in [-0.2, -0.15) is 0 Å². The van der Waals surface area contributed by atoms with Gasteiger partial charge in [0, 0.05) is 18.0 Å². The molecule has 1 N–H and O–H groups in total. The fraction of sp³-hybridized carbons (Fsp3) is 0. The first kappa shape index (κ1) is 6.96. The van der Waals surface area contributed by atoms with Crippen molar-refractivity contribution in [3.8, 4) is 0 Å². The summed E-state index contributed by atoms with van der Waals surface area (Å²) in [6.07, 6.45) is 5.72. The van der Waals surface area contributed by atoms with E-state index in [-0.39, 0.29) is 0 Å². The van der Waals surface area contributed by atoms with Crippen LogP contribution in [0.2, 0.25) is 0 Å². The lowest BCUT2D eigenvalue weighted by Crippen LogP contribution is -1.94. The fourth-order valence-corrected chi connectivity index (χ4v) is 1.14. The van der Waals surface area contributed by atoms with Crippen molar-refractivity contribution in [2.75, 3.05) is 0 Å². The monoisotopic (exact) mass is 155 g/mol. The number of nitrogens with one attached hydrogen (secondary N) is 1. The number of benzene rings is 1. The van der Waals surface area contributed by atoms with Crippen LogP contribution in [0.3, 0.4) is 0 Å². The zero-order chi connectivity index (χ0) is 8.23. The third kappa shape index (κ3) is 1.31. The van der Waals surface area contributed by atoms with Crippen molar-refractivity contribution in [2.24, 2.45) is 0 Å². The molecule has 0 spiro atoms. The van der Waals surface area contributed by atoms with E-state index in [4.69, 9.17) is 0 Å². The van der Waals surface area contributed by atoms with Gasteiger partial charge in [0.1, 0.15) is 0 Å². The first-order chi connectivity index (χ1) is 5.97. The first-order valence-corrected chi connectivity index (χ1v) is 3.90. The van der Waals surface area contributed by atoms with Gasteiger partial charge in [0.2, 0.25) is 0 Å². The van der Waals surface area contributed by atoms with E-state index in [1.165, 1.54) is 5.56 Å². The maximum atomic E-state index is 3.13. The van der Waals surface area contributed by atoms with Gasteiger partial charge in [0.15, 0.2) is 0 Å². The smallest absolute Gasteiger partial charge is 0.0443 e. The van der Waals surface area contributed by atoms with E-state index in [1.54, 1.807) is 0 Å². The van der Waals surface area contributed by atoms with E-state index < -0.39 is 0 Å². The third-order valence-electron chi connectivity index (χ3n) is 1.74. The highest BCUT2D eigenvalue weighted by molar-refractivity contribution is 5.73. The second kappa shape index (κ2) is 3.12. The molecule has 0 atom stereocenters. The molecule has 0 radical (unpaired) electrons. The summed E-state index contributed by atoms with van der Waals surface area (Å²) < 4.78 is 0. The zero-order valence-corrected chi connectivity index (χ0v) is 6.62. The molecule has 0 fully saturated rings. The van der Waals surface area contributed by atoms with Gasteiger partial charge in [-0.1, -0.05) is 36.1 Å². The van der Waals surface area contributed by atoms with Crippen molar-refractivity contribution in [3.63, 3.8) is 0 Å². The highest BCUT2D eigenvalue weighted by Crippen LogP contribution is 2.14. The predicted octanol–water partition coefficient (Wildman–Crippen LogP) is 2.30. The molecule has 1 heterocycles. The largest absolute Gasteiger partial charge is 0.361 e. The van der Waals surface area contributed by atoms with Crippen molar-refractivity contribution < 1.29 is 0 Å².